The highest BCUT2D eigenvalue weighted by atomic mass is 16.7. The zero-order chi connectivity index (χ0) is 56.0. The average molecular weight is 1100 g/mol. The van der Waals surface area contributed by atoms with Crippen LogP contribution < -0.4 is 5.32 Å². The van der Waals surface area contributed by atoms with E-state index < -0.39 is 86.8 Å². The lowest BCUT2D eigenvalue weighted by atomic mass is 9.97. The van der Waals surface area contributed by atoms with Crippen molar-refractivity contribution in [3.8, 4) is 0 Å². The molecule has 0 aromatic carbocycles. The van der Waals surface area contributed by atoms with E-state index in [0.29, 0.717) is 6.42 Å². The van der Waals surface area contributed by atoms with Gasteiger partial charge in [-0.1, -0.05) is 276 Å². The van der Waals surface area contributed by atoms with Gasteiger partial charge in [0, 0.05) is 6.42 Å². The van der Waals surface area contributed by atoms with E-state index in [1.165, 1.54) is 225 Å². The average Bonchev–Trinajstić information content (AvgIpc) is 3.45. The molecule has 0 bridgehead atoms. The molecule has 14 nitrogen and oxygen atoms in total. The molecular formula is C63H121NO13. The summed E-state index contributed by atoms with van der Waals surface area (Å²) in [7, 11) is 0. The van der Waals surface area contributed by atoms with Gasteiger partial charge in [-0.2, -0.15) is 0 Å². The SMILES string of the molecule is CCCCCCCCCCCCCCCCCCCCCCCCCCCC/C=C/C(O)C(COC1OC(CO)C(OC2OC(CO)C(O)C(O)C2O)C(O)C1O)NC(=O)CCCCCCCCCCCCCCCCC. The Balaban J connectivity index is 1.69. The fraction of sp³-hybridized carbons (Fsp3) is 0.952. The van der Waals surface area contributed by atoms with Gasteiger partial charge >= 0.3 is 0 Å². The van der Waals surface area contributed by atoms with Gasteiger partial charge in [-0.15, -0.1) is 0 Å². The maximum Gasteiger partial charge on any atom is 0.220 e. The van der Waals surface area contributed by atoms with E-state index in [2.05, 4.69) is 19.2 Å². The van der Waals surface area contributed by atoms with Gasteiger partial charge in [0.15, 0.2) is 12.6 Å². The van der Waals surface area contributed by atoms with Crippen LogP contribution in [0.2, 0.25) is 0 Å². The first-order valence-corrected chi connectivity index (χ1v) is 32.4. The molecule has 0 saturated carbocycles. The van der Waals surface area contributed by atoms with Gasteiger partial charge in [0.1, 0.15) is 48.8 Å². The highest BCUT2D eigenvalue weighted by Gasteiger charge is 2.51. The highest BCUT2D eigenvalue weighted by molar-refractivity contribution is 5.76. The lowest BCUT2D eigenvalue weighted by molar-refractivity contribution is -0.359. The fourth-order valence-electron chi connectivity index (χ4n) is 11.0. The molecule has 14 heteroatoms. The first-order valence-electron chi connectivity index (χ1n) is 32.4. The Hall–Kier alpha value is -1.27. The van der Waals surface area contributed by atoms with Gasteiger partial charge in [-0.25, -0.2) is 0 Å². The molecule has 2 rings (SSSR count). The zero-order valence-corrected chi connectivity index (χ0v) is 49.2. The van der Waals surface area contributed by atoms with E-state index >= 15 is 0 Å². The molecule has 0 aliphatic carbocycles. The normalized spacial score (nSPS) is 24.7. The summed E-state index contributed by atoms with van der Waals surface area (Å²) < 4.78 is 22.8. The Morgan fingerprint density at radius 1 is 0.455 bits per heavy atom. The molecule has 2 heterocycles. The maximum atomic E-state index is 13.3. The molecule has 2 saturated heterocycles. The zero-order valence-electron chi connectivity index (χ0n) is 49.2. The van der Waals surface area contributed by atoms with Crippen LogP contribution in [-0.2, 0) is 23.7 Å². The minimum absolute atomic E-state index is 0.234. The topological polar surface area (TPSA) is 228 Å². The standard InChI is InChI=1S/C63H121NO13/c1-3-5-7-9-11-13-15-17-19-20-21-22-23-24-25-26-27-28-29-30-31-33-34-36-38-40-42-44-46-52(67)51(64-55(68)47-45-43-41-39-37-35-32-18-16-14-12-10-8-6-4-2)50-74-62-60(73)58(71)61(54(49-66)76-62)77-63-59(72)57(70)56(69)53(48-65)75-63/h44,46,51-54,56-63,65-67,69-73H,3-43,45,47-50H2,1-2H3,(H,64,68)/b46-44+. The van der Waals surface area contributed by atoms with Crippen molar-refractivity contribution in [1.82, 2.24) is 5.32 Å². The molecule has 2 fully saturated rings. The van der Waals surface area contributed by atoms with E-state index in [1.54, 1.807) is 6.08 Å². The number of carbonyl (C=O) groups is 1. The van der Waals surface area contributed by atoms with Crippen LogP contribution in [0, 0.1) is 0 Å². The Bertz CT molecular complexity index is 1340. The molecule has 1 amide bonds. The first-order chi connectivity index (χ1) is 37.6. The highest BCUT2D eigenvalue weighted by Crippen LogP contribution is 2.30. The van der Waals surface area contributed by atoms with Crippen LogP contribution >= 0.6 is 0 Å². The monoisotopic (exact) mass is 1100 g/mol. The summed E-state index contributed by atoms with van der Waals surface area (Å²) in [5, 5.41) is 87.2. The smallest absolute Gasteiger partial charge is 0.220 e. The lowest BCUT2D eigenvalue weighted by Crippen LogP contribution is -2.65. The molecule has 0 aromatic rings. The summed E-state index contributed by atoms with van der Waals surface area (Å²) in [6, 6.07) is -0.910. The summed E-state index contributed by atoms with van der Waals surface area (Å²) in [4.78, 5) is 13.3. The van der Waals surface area contributed by atoms with Crippen LogP contribution in [0.1, 0.15) is 290 Å². The Morgan fingerprint density at radius 3 is 1.19 bits per heavy atom. The number of hydrogen-bond donors (Lipinski definition) is 9. The number of allylic oxidation sites excluding steroid dienone is 1. The predicted octanol–water partition coefficient (Wildman–Crippen LogP) is 11.8. The molecule has 0 radical (unpaired) electrons. The molecule has 12 unspecified atom stereocenters. The van der Waals surface area contributed by atoms with Crippen molar-refractivity contribution in [3.05, 3.63) is 12.2 Å². The van der Waals surface area contributed by atoms with Crippen LogP contribution in [0.3, 0.4) is 0 Å². The number of nitrogens with one attached hydrogen (secondary N) is 1. The summed E-state index contributed by atoms with van der Waals surface area (Å²) in [6.45, 7) is 2.84. The van der Waals surface area contributed by atoms with Gasteiger partial charge in [0.25, 0.3) is 0 Å². The largest absolute Gasteiger partial charge is 0.394 e. The summed E-state index contributed by atoms with van der Waals surface area (Å²) in [6.07, 6.45) is 41.2. The van der Waals surface area contributed by atoms with E-state index in [4.69, 9.17) is 18.9 Å². The number of amides is 1. The van der Waals surface area contributed by atoms with Crippen LogP contribution in [0.4, 0.5) is 0 Å². The number of aliphatic hydroxyl groups is 8. The van der Waals surface area contributed by atoms with Gasteiger partial charge in [-0.05, 0) is 19.3 Å². The van der Waals surface area contributed by atoms with Crippen LogP contribution in [0.5, 0.6) is 0 Å². The Morgan fingerprint density at radius 2 is 0.805 bits per heavy atom. The molecule has 2 aliphatic rings. The van der Waals surface area contributed by atoms with Crippen molar-refractivity contribution in [3.63, 3.8) is 0 Å². The van der Waals surface area contributed by atoms with Crippen molar-refractivity contribution < 1.29 is 64.6 Å². The van der Waals surface area contributed by atoms with E-state index in [-0.39, 0.29) is 18.9 Å². The number of aliphatic hydroxyl groups excluding tert-OH is 8. The maximum absolute atomic E-state index is 13.3. The molecular weight excluding hydrogens is 979 g/mol. The third-order valence-corrected chi connectivity index (χ3v) is 16.2. The fourth-order valence-corrected chi connectivity index (χ4v) is 11.0. The summed E-state index contributed by atoms with van der Waals surface area (Å²) in [5.41, 5.74) is 0. The molecule has 456 valence electrons. The number of carbonyl (C=O) groups excluding carboxylic acids is 1. The molecule has 77 heavy (non-hydrogen) atoms. The van der Waals surface area contributed by atoms with E-state index in [0.717, 1.165) is 38.5 Å². The van der Waals surface area contributed by atoms with Crippen molar-refractivity contribution in [1.29, 1.82) is 0 Å². The Kier molecular flexibility index (Phi) is 46.0. The van der Waals surface area contributed by atoms with Gasteiger partial charge < -0.3 is 65.1 Å². The van der Waals surface area contributed by atoms with Gasteiger partial charge in [-0.3, -0.25) is 4.79 Å². The first kappa shape index (κ1) is 71.8. The number of rotatable bonds is 53. The minimum atomic E-state index is -1.79. The van der Waals surface area contributed by atoms with Crippen molar-refractivity contribution in [2.45, 2.75) is 364 Å². The quantitative estimate of drug-likeness (QED) is 0.0204. The summed E-state index contributed by atoms with van der Waals surface area (Å²) >= 11 is 0. The predicted molar refractivity (Wildman–Crippen MR) is 309 cm³/mol. The molecule has 0 spiro atoms. The second-order valence-electron chi connectivity index (χ2n) is 23.3. The molecule has 12 atom stereocenters. The van der Waals surface area contributed by atoms with Crippen molar-refractivity contribution >= 4 is 5.91 Å². The van der Waals surface area contributed by atoms with Crippen LogP contribution in [0.15, 0.2) is 12.2 Å². The van der Waals surface area contributed by atoms with Crippen molar-refractivity contribution in [2.75, 3.05) is 19.8 Å². The molecule has 9 N–H and O–H groups in total. The lowest BCUT2D eigenvalue weighted by Gasteiger charge is -2.46. The number of hydrogen-bond acceptors (Lipinski definition) is 13. The van der Waals surface area contributed by atoms with Crippen molar-refractivity contribution in [2.24, 2.45) is 0 Å². The van der Waals surface area contributed by atoms with Gasteiger partial charge in [0.05, 0.1) is 32.0 Å². The number of ether oxygens (including phenoxy) is 4. The van der Waals surface area contributed by atoms with E-state index in [9.17, 15) is 45.6 Å². The third kappa shape index (κ3) is 34.7. The second kappa shape index (κ2) is 49.3. The second-order valence-corrected chi connectivity index (χ2v) is 23.3. The van der Waals surface area contributed by atoms with Gasteiger partial charge in [0.2, 0.25) is 5.91 Å². The summed E-state index contributed by atoms with van der Waals surface area (Å²) in [5.74, 6) is -0.234. The minimum Gasteiger partial charge on any atom is -0.394 e. The molecule has 0 aromatic heterocycles. The number of unbranched alkanes of at least 4 members (excludes halogenated alkanes) is 40. The van der Waals surface area contributed by atoms with E-state index in [1.807, 2.05) is 6.08 Å². The Labute approximate surface area is 469 Å². The third-order valence-electron chi connectivity index (χ3n) is 16.2. The van der Waals surface area contributed by atoms with Crippen LogP contribution in [0.25, 0.3) is 0 Å². The van der Waals surface area contributed by atoms with Crippen LogP contribution in [-0.4, -0.2) is 140 Å². The molecule has 2 aliphatic heterocycles.